The smallest absolute Gasteiger partial charge is 0.241 e. The van der Waals surface area contributed by atoms with Crippen LogP contribution in [0.5, 0.6) is 0 Å². The van der Waals surface area contributed by atoms with Crippen molar-refractivity contribution in [1.82, 2.24) is 4.98 Å². The molecule has 1 unspecified atom stereocenters. The quantitative estimate of drug-likeness (QED) is 0.737. The average Bonchev–Trinajstić information content (AvgIpc) is 2.22. The topological polar surface area (TPSA) is 68.0 Å². The number of pyridine rings is 1. The molecule has 0 aromatic carbocycles. The average molecular weight is 211 g/mol. The number of halogens is 1. The number of hydrogen-bond acceptors (Lipinski definition) is 3. The van der Waals surface area contributed by atoms with E-state index in [0.29, 0.717) is 12.1 Å². The van der Waals surface area contributed by atoms with Crippen LogP contribution in [-0.4, -0.2) is 16.9 Å². The van der Waals surface area contributed by atoms with Gasteiger partial charge in [-0.25, -0.2) is 4.98 Å². The first kappa shape index (κ1) is 11.6. The van der Waals surface area contributed by atoms with Gasteiger partial charge in [0.05, 0.1) is 17.9 Å². The minimum atomic E-state index is -0.578. The van der Waals surface area contributed by atoms with Crippen LogP contribution in [0.25, 0.3) is 0 Å². The monoisotopic (exact) mass is 211 g/mol. The normalized spacial score (nSPS) is 12.2. The Morgan fingerprint density at radius 2 is 2.40 bits per heavy atom. The minimum Gasteiger partial charge on any atom is -0.323 e. The van der Waals surface area contributed by atoms with E-state index in [1.165, 1.54) is 18.3 Å². The summed E-state index contributed by atoms with van der Waals surface area (Å²) < 4.78 is 12.5. The summed E-state index contributed by atoms with van der Waals surface area (Å²) >= 11 is 0. The fourth-order valence-electron chi connectivity index (χ4n) is 1.13. The van der Waals surface area contributed by atoms with E-state index in [1.54, 1.807) is 0 Å². The maximum absolute atomic E-state index is 12.5. The zero-order chi connectivity index (χ0) is 11.3. The summed E-state index contributed by atoms with van der Waals surface area (Å²) in [4.78, 5) is 14.8. The number of nitrogens with two attached hydrogens (primary N) is 1. The van der Waals surface area contributed by atoms with Crippen LogP contribution in [0, 0.1) is 5.95 Å². The molecule has 82 valence electrons. The Morgan fingerprint density at radius 1 is 1.67 bits per heavy atom. The zero-order valence-electron chi connectivity index (χ0n) is 8.53. The molecule has 0 saturated heterocycles. The number of anilines is 1. The van der Waals surface area contributed by atoms with Crippen molar-refractivity contribution in [2.75, 3.05) is 5.32 Å². The Labute approximate surface area is 87.7 Å². The van der Waals surface area contributed by atoms with Gasteiger partial charge in [0, 0.05) is 0 Å². The molecule has 0 aliphatic heterocycles. The molecular formula is C10H14FN3O. The number of rotatable bonds is 4. The van der Waals surface area contributed by atoms with E-state index in [0.717, 1.165) is 6.42 Å². The first-order valence-electron chi connectivity index (χ1n) is 4.81. The lowest BCUT2D eigenvalue weighted by Crippen LogP contribution is -2.35. The number of amides is 1. The molecule has 0 saturated carbocycles. The number of aromatic nitrogens is 1. The minimum absolute atomic E-state index is 0.273. The molecule has 1 amide bonds. The highest BCUT2D eigenvalue weighted by atomic mass is 19.1. The van der Waals surface area contributed by atoms with Crippen molar-refractivity contribution in [1.29, 1.82) is 0 Å². The summed E-state index contributed by atoms with van der Waals surface area (Å²) in [5, 5.41) is 2.56. The summed E-state index contributed by atoms with van der Waals surface area (Å²) in [5.41, 5.74) is 6.05. The van der Waals surface area contributed by atoms with Gasteiger partial charge in [-0.2, -0.15) is 4.39 Å². The van der Waals surface area contributed by atoms with Crippen molar-refractivity contribution in [2.45, 2.75) is 25.8 Å². The van der Waals surface area contributed by atoms with E-state index < -0.39 is 12.0 Å². The second kappa shape index (κ2) is 5.41. The van der Waals surface area contributed by atoms with Crippen molar-refractivity contribution in [3.63, 3.8) is 0 Å². The van der Waals surface area contributed by atoms with Gasteiger partial charge in [0.1, 0.15) is 0 Å². The Balaban J connectivity index is 2.54. The van der Waals surface area contributed by atoms with Gasteiger partial charge in [-0.1, -0.05) is 13.3 Å². The third-order valence-electron chi connectivity index (χ3n) is 1.93. The molecule has 0 fully saturated rings. The Bertz CT molecular complexity index is 326. The molecule has 4 nitrogen and oxygen atoms in total. The first-order chi connectivity index (χ1) is 7.13. The summed E-state index contributed by atoms with van der Waals surface area (Å²) in [6.45, 7) is 1.95. The Hall–Kier alpha value is -1.49. The predicted octanol–water partition coefficient (Wildman–Crippen LogP) is 1.29. The maximum atomic E-state index is 12.5. The van der Waals surface area contributed by atoms with Gasteiger partial charge in [-0.15, -0.1) is 0 Å². The van der Waals surface area contributed by atoms with Crippen LogP contribution in [-0.2, 0) is 4.79 Å². The van der Waals surface area contributed by atoms with Crippen molar-refractivity contribution < 1.29 is 9.18 Å². The van der Waals surface area contributed by atoms with Crippen LogP contribution < -0.4 is 11.1 Å². The summed E-state index contributed by atoms with van der Waals surface area (Å²) in [6.07, 6.45) is 2.72. The molecule has 0 radical (unpaired) electrons. The second-order valence-corrected chi connectivity index (χ2v) is 3.25. The van der Waals surface area contributed by atoms with Gasteiger partial charge in [-0.3, -0.25) is 4.79 Å². The van der Waals surface area contributed by atoms with Crippen molar-refractivity contribution in [2.24, 2.45) is 5.73 Å². The van der Waals surface area contributed by atoms with Crippen LogP contribution in [0.15, 0.2) is 18.3 Å². The molecule has 0 bridgehead atoms. The highest BCUT2D eigenvalue weighted by Crippen LogP contribution is 2.06. The summed E-state index contributed by atoms with van der Waals surface area (Å²) in [6, 6.07) is 2.10. The Kier molecular flexibility index (Phi) is 4.17. The largest absolute Gasteiger partial charge is 0.323 e. The molecule has 0 spiro atoms. The number of hydrogen-bond donors (Lipinski definition) is 2. The predicted molar refractivity (Wildman–Crippen MR) is 55.7 cm³/mol. The zero-order valence-corrected chi connectivity index (χ0v) is 8.53. The van der Waals surface area contributed by atoms with E-state index in [1.807, 2.05) is 6.92 Å². The molecule has 15 heavy (non-hydrogen) atoms. The molecular weight excluding hydrogens is 197 g/mol. The van der Waals surface area contributed by atoms with Crippen molar-refractivity contribution >= 4 is 11.6 Å². The van der Waals surface area contributed by atoms with Gasteiger partial charge >= 0.3 is 0 Å². The van der Waals surface area contributed by atoms with Crippen LogP contribution in [0.4, 0.5) is 10.1 Å². The van der Waals surface area contributed by atoms with E-state index in [9.17, 15) is 9.18 Å². The number of nitrogens with zero attached hydrogens (tertiary/aromatic N) is 1. The molecule has 3 N–H and O–H groups in total. The molecule has 1 aromatic heterocycles. The Morgan fingerprint density at radius 3 is 2.93 bits per heavy atom. The van der Waals surface area contributed by atoms with Crippen LogP contribution in [0.2, 0.25) is 0 Å². The standard InChI is InChI=1S/C10H14FN3O/c1-2-3-8(12)10(15)14-7-4-5-9(11)13-6-7/h4-6,8H,2-3,12H2,1H3,(H,14,15). The van der Waals surface area contributed by atoms with Crippen molar-refractivity contribution in [3.8, 4) is 0 Å². The van der Waals surface area contributed by atoms with Gasteiger partial charge in [0.25, 0.3) is 0 Å². The van der Waals surface area contributed by atoms with E-state index in [4.69, 9.17) is 5.73 Å². The van der Waals surface area contributed by atoms with Gasteiger partial charge in [0.2, 0.25) is 11.9 Å². The van der Waals surface area contributed by atoms with Crippen LogP contribution >= 0.6 is 0 Å². The van der Waals surface area contributed by atoms with E-state index in [-0.39, 0.29) is 5.91 Å². The number of carbonyl (C=O) groups is 1. The third-order valence-corrected chi connectivity index (χ3v) is 1.93. The highest BCUT2D eigenvalue weighted by Gasteiger charge is 2.12. The van der Waals surface area contributed by atoms with Crippen LogP contribution in [0.1, 0.15) is 19.8 Å². The highest BCUT2D eigenvalue weighted by molar-refractivity contribution is 5.94. The lowest BCUT2D eigenvalue weighted by molar-refractivity contribution is -0.117. The maximum Gasteiger partial charge on any atom is 0.241 e. The first-order valence-corrected chi connectivity index (χ1v) is 4.81. The summed E-state index contributed by atoms with van der Waals surface area (Å²) in [7, 11) is 0. The van der Waals surface area contributed by atoms with Gasteiger partial charge in [-0.05, 0) is 18.6 Å². The molecule has 1 heterocycles. The summed E-state index contributed by atoms with van der Waals surface area (Å²) in [5.74, 6) is -0.851. The van der Waals surface area contributed by atoms with E-state index >= 15 is 0 Å². The number of carbonyl (C=O) groups excluding carboxylic acids is 1. The van der Waals surface area contributed by atoms with Crippen molar-refractivity contribution in [3.05, 3.63) is 24.3 Å². The molecule has 5 heteroatoms. The SMILES string of the molecule is CCCC(N)C(=O)Nc1ccc(F)nc1. The molecule has 1 rings (SSSR count). The molecule has 0 aliphatic carbocycles. The lowest BCUT2D eigenvalue weighted by atomic mass is 10.1. The molecule has 1 aromatic rings. The van der Waals surface area contributed by atoms with E-state index in [2.05, 4.69) is 10.3 Å². The fraction of sp³-hybridized carbons (Fsp3) is 0.400. The fourth-order valence-corrected chi connectivity index (χ4v) is 1.13. The van der Waals surface area contributed by atoms with Gasteiger partial charge in [0.15, 0.2) is 0 Å². The third kappa shape index (κ3) is 3.63. The number of nitrogens with one attached hydrogen (secondary N) is 1. The molecule has 1 atom stereocenters. The van der Waals surface area contributed by atoms with Crippen LogP contribution in [0.3, 0.4) is 0 Å². The van der Waals surface area contributed by atoms with Gasteiger partial charge < -0.3 is 11.1 Å². The lowest BCUT2D eigenvalue weighted by Gasteiger charge is -2.10. The molecule has 0 aliphatic rings. The second-order valence-electron chi connectivity index (χ2n) is 3.25.